The van der Waals surface area contributed by atoms with E-state index in [0.29, 0.717) is 16.7 Å². The number of piperazine rings is 1. The fourth-order valence-corrected chi connectivity index (χ4v) is 4.78. The molecule has 0 bridgehead atoms. The molecule has 0 N–H and O–H groups in total. The Labute approximate surface area is 189 Å². The van der Waals surface area contributed by atoms with Crippen LogP contribution in [0.5, 0.6) is 0 Å². The van der Waals surface area contributed by atoms with Gasteiger partial charge in [0, 0.05) is 37.3 Å². The van der Waals surface area contributed by atoms with Gasteiger partial charge >= 0.3 is 6.18 Å². The summed E-state index contributed by atoms with van der Waals surface area (Å²) in [7, 11) is -3.75. The highest BCUT2D eigenvalue weighted by molar-refractivity contribution is 7.89. The molecule has 1 fully saturated rings. The normalized spacial score (nSPS) is 15.5. The number of rotatable bonds is 7. The highest BCUT2D eigenvalue weighted by Gasteiger charge is 2.30. The monoisotopic (exact) mass is 484 g/mol. The van der Waals surface area contributed by atoms with E-state index in [9.17, 15) is 31.2 Å². The van der Waals surface area contributed by atoms with E-state index in [1.54, 1.807) is 0 Å². The summed E-state index contributed by atoms with van der Waals surface area (Å²) < 4.78 is 68.0. The number of amides is 1. The van der Waals surface area contributed by atoms with Crippen LogP contribution < -0.4 is 0 Å². The number of alkyl halides is 3. The number of hydrogen-bond acceptors (Lipinski definition) is 5. The van der Waals surface area contributed by atoms with Crippen molar-refractivity contribution in [2.75, 3.05) is 32.8 Å². The van der Waals surface area contributed by atoms with Crippen molar-refractivity contribution in [3.05, 3.63) is 65.2 Å². The van der Waals surface area contributed by atoms with E-state index in [-0.39, 0.29) is 49.4 Å². The number of hydrogen-bond donors (Lipinski definition) is 0. The topological polar surface area (TPSA) is 84.0 Å². The van der Waals surface area contributed by atoms with Crippen molar-refractivity contribution in [2.24, 2.45) is 0 Å². The molecule has 1 aliphatic heterocycles. The van der Waals surface area contributed by atoms with Gasteiger partial charge in [-0.25, -0.2) is 8.42 Å². The fourth-order valence-electron chi connectivity index (χ4n) is 3.35. The Morgan fingerprint density at radius 2 is 1.45 bits per heavy atom. The van der Waals surface area contributed by atoms with Crippen molar-refractivity contribution in [1.82, 2.24) is 9.21 Å². The predicted molar refractivity (Wildman–Crippen MR) is 113 cm³/mol. The SMILES string of the molecule is CC(=O)c1ccc(S(=O)(=O)N2CCN(C(=O)c3ccc(COCC(F)(F)F)cc3)CC2)cc1. The molecule has 1 heterocycles. The minimum Gasteiger partial charge on any atom is -0.367 e. The third-order valence-corrected chi connectivity index (χ3v) is 7.07. The molecule has 11 heteroatoms. The summed E-state index contributed by atoms with van der Waals surface area (Å²) in [6.45, 7) is 0.451. The molecule has 0 aliphatic carbocycles. The molecule has 0 saturated carbocycles. The Morgan fingerprint density at radius 3 is 1.97 bits per heavy atom. The number of carbonyl (C=O) groups is 2. The molecular formula is C22H23F3N2O5S. The summed E-state index contributed by atoms with van der Waals surface area (Å²) in [6.07, 6.45) is -4.40. The van der Waals surface area contributed by atoms with Gasteiger partial charge in [-0.2, -0.15) is 17.5 Å². The van der Waals surface area contributed by atoms with Crippen molar-refractivity contribution < 1.29 is 35.9 Å². The predicted octanol–water partition coefficient (Wildman–Crippen LogP) is 3.11. The Morgan fingerprint density at radius 1 is 0.909 bits per heavy atom. The van der Waals surface area contributed by atoms with Crippen LogP contribution in [0.25, 0.3) is 0 Å². The molecule has 0 atom stereocenters. The van der Waals surface area contributed by atoms with E-state index in [1.165, 1.54) is 64.7 Å². The maximum absolute atomic E-state index is 12.9. The molecule has 0 spiro atoms. The molecule has 2 aromatic carbocycles. The van der Waals surface area contributed by atoms with Crippen molar-refractivity contribution in [3.63, 3.8) is 0 Å². The molecule has 0 unspecified atom stereocenters. The third kappa shape index (κ3) is 6.40. The van der Waals surface area contributed by atoms with Gasteiger partial charge in [0.05, 0.1) is 11.5 Å². The van der Waals surface area contributed by atoms with Crippen LogP contribution in [0.4, 0.5) is 13.2 Å². The molecule has 33 heavy (non-hydrogen) atoms. The van der Waals surface area contributed by atoms with E-state index < -0.39 is 22.8 Å². The number of carbonyl (C=O) groups excluding carboxylic acids is 2. The summed E-state index contributed by atoms with van der Waals surface area (Å²) in [5, 5.41) is 0. The zero-order valence-corrected chi connectivity index (χ0v) is 18.7. The van der Waals surface area contributed by atoms with Crippen LogP contribution in [0.2, 0.25) is 0 Å². The average molecular weight is 484 g/mol. The first-order chi connectivity index (χ1) is 15.5. The first-order valence-electron chi connectivity index (χ1n) is 10.1. The molecule has 0 aromatic heterocycles. The summed E-state index contributed by atoms with van der Waals surface area (Å²) >= 11 is 0. The van der Waals surface area contributed by atoms with Crippen molar-refractivity contribution in [1.29, 1.82) is 0 Å². The minimum absolute atomic E-state index is 0.0793. The third-order valence-electron chi connectivity index (χ3n) is 5.16. The quantitative estimate of drug-likeness (QED) is 0.564. The maximum Gasteiger partial charge on any atom is 0.411 e. The first-order valence-corrected chi connectivity index (χ1v) is 11.6. The number of benzene rings is 2. The van der Waals surface area contributed by atoms with E-state index in [4.69, 9.17) is 0 Å². The molecule has 1 amide bonds. The average Bonchev–Trinajstić information content (AvgIpc) is 2.78. The molecule has 7 nitrogen and oxygen atoms in total. The number of Topliss-reactive ketones (excluding diaryl/α,β-unsaturated/α-hetero) is 1. The number of nitrogens with zero attached hydrogens (tertiary/aromatic N) is 2. The molecule has 2 aromatic rings. The van der Waals surface area contributed by atoms with E-state index in [1.807, 2.05) is 0 Å². The van der Waals surface area contributed by atoms with Gasteiger partial charge in [0.2, 0.25) is 10.0 Å². The second kappa shape index (κ2) is 10.0. The van der Waals surface area contributed by atoms with Crippen molar-refractivity contribution in [3.8, 4) is 0 Å². The summed E-state index contributed by atoms with van der Waals surface area (Å²) in [6, 6.07) is 11.8. The van der Waals surface area contributed by atoms with Gasteiger partial charge in [-0.3, -0.25) is 9.59 Å². The zero-order valence-electron chi connectivity index (χ0n) is 17.8. The number of ketones is 1. The van der Waals surface area contributed by atoms with Crippen LogP contribution in [0, 0.1) is 0 Å². The van der Waals surface area contributed by atoms with Gasteiger partial charge in [-0.15, -0.1) is 0 Å². The van der Waals surface area contributed by atoms with Gasteiger partial charge in [0.1, 0.15) is 6.61 Å². The lowest BCUT2D eigenvalue weighted by Crippen LogP contribution is -2.50. The molecule has 3 rings (SSSR count). The van der Waals surface area contributed by atoms with E-state index in [2.05, 4.69) is 4.74 Å². The molecule has 1 aliphatic rings. The molecule has 178 valence electrons. The highest BCUT2D eigenvalue weighted by atomic mass is 32.2. The van der Waals surface area contributed by atoms with Gasteiger partial charge in [0.15, 0.2) is 5.78 Å². The second-order valence-electron chi connectivity index (χ2n) is 7.58. The molecule has 0 radical (unpaired) electrons. The fraction of sp³-hybridized carbons (Fsp3) is 0.364. The van der Waals surface area contributed by atoms with Gasteiger partial charge in [-0.1, -0.05) is 24.3 Å². The number of sulfonamides is 1. The van der Waals surface area contributed by atoms with Gasteiger partial charge in [0.25, 0.3) is 5.91 Å². The smallest absolute Gasteiger partial charge is 0.367 e. The standard InChI is InChI=1S/C22H23F3N2O5S/c1-16(28)18-6-8-20(9-7-18)33(30,31)27-12-10-26(11-13-27)21(29)19-4-2-17(3-5-19)14-32-15-22(23,24)25/h2-9H,10-15H2,1H3. The Balaban J connectivity index is 1.56. The lowest BCUT2D eigenvalue weighted by Gasteiger charge is -2.34. The lowest BCUT2D eigenvalue weighted by molar-refractivity contribution is -0.176. The first kappa shape index (κ1) is 24.9. The summed E-state index contributed by atoms with van der Waals surface area (Å²) in [5.74, 6) is -0.450. The molecule has 1 saturated heterocycles. The Kier molecular flexibility index (Phi) is 7.55. The summed E-state index contributed by atoms with van der Waals surface area (Å²) in [4.78, 5) is 25.7. The van der Waals surface area contributed by atoms with E-state index >= 15 is 0 Å². The number of halogens is 3. The maximum atomic E-state index is 12.9. The van der Waals surface area contributed by atoms with Crippen molar-refractivity contribution in [2.45, 2.75) is 24.6 Å². The minimum atomic E-state index is -4.40. The second-order valence-corrected chi connectivity index (χ2v) is 9.52. The lowest BCUT2D eigenvalue weighted by atomic mass is 10.1. The summed E-state index contributed by atoms with van der Waals surface area (Å²) in [5.41, 5.74) is 1.27. The van der Waals surface area contributed by atoms with Crippen LogP contribution in [-0.2, 0) is 21.4 Å². The Hall–Kier alpha value is -2.76. The number of ether oxygens (including phenoxy) is 1. The largest absolute Gasteiger partial charge is 0.411 e. The van der Waals surface area contributed by atoms with Crippen molar-refractivity contribution >= 4 is 21.7 Å². The van der Waals surface area contributed by atoms with Gasteiger partial charge in [-0.05, 0) is 36.8 Å². The van der Waals surface area contributed by atoms with Crippen LogP contribution in [0.15, 0.2) is 53.4 Å². The Bertz CT molecular complexity index is 1090. The molecular weight excluding hydrogens is 461 g/mol. The van der Waals surface area contributed by atoms with Crippen LogP contribution in [-0.4, -0.2) is 68.3 Å². The van der Waals surface area contributed by atoms with Crippen LogP contribution in [0.3, 0.4) is 0 Å². The van der Waals surface area contributed by atoms with E-state index in [0.717, 1.165) is 0 Å². The van der Waals surface area contributed by atoms with Gasteiger partial charge < -0.3 is 9.64 Å². The highest BCUT2D eigenvalue weighted by Crippen LogP contribution is 2.20. The van der Waals surface area contributed by atoms with Crippen LogP contribution in [0.1, 0.15) is 33.2 Å². The zero-order chi connectivity index (χ0) is 24.2. The van der Waals surface area contributed by atoms with Crippen LogP contribution >= 0.6 is 0 Å².